The first-order valence-corrected chi connectivity index (χ1v) is 10.7. The van der Waals surface area contributed by atoms with E-state index in [9.17, 15) is 18.0 Å². The topological polar surface area (TPSA) is 108 Å². The van der Waals surface area contributed by atoms with Gasteiger partial charge in [-0.25, -0.2) is 9.36 Å². The quantitative estimate of drug-likeness (QED) is 0.387. The molecule has 13 heteroatoms. The molecule has 0 atom stereocenters. The zero-order valence-electron chi connectivity index (χ0n) is 18.8. The Kier molecular flexibility index (Phi) is 5.80. The van der Waals surface area contributed by atoms with Gasteiger partial charge in [0.15, 0.2) is 0 Å². The molecule has 1 N–H and O–H groups in total. The Morgan fingerprint density at radius 3 is 2.50 bits per heavy atom. The fourth-order valence-electron chi connectivity index (χ4n) is 3.67. The van der Waals surface area contributed by atoms with Crippen molar-refractivity contribution in [3.63, 3.8) is 0 Å². The highest BCUT2D eigenvalue weighted by Gasteiger charge is 2.34. The molecule has 0 saturated carbocycles. The van der Waals surface area contributed by atoms with Crippen LogP contribution in [0, 0.1) is 0 Å². The Balaban J connectivity index is 1.50. The van der Waals surface area contributed by atoms with E-state index in [1.165, 1.54) is 38.7 Å². The number of hydrogen-bond donors (Lipinski definition) is 1. The minimum absolute atomic E-state index is 0.0338. The molecule has 0 radical (unpaired) electrons. The van der Waals surface area contributed by atoms with E-state index >= 15 is 0 Å². The first-order chi connectivity index (χ1) is 17.3. The van der Waals surface area contributed by atoms with Crippen molar-refractivity contribution in [3.05, 3.63) is 90.0 Å². The van der Waals surface area contributed by atoms with Crippen molar-refractivity contribution in [2.75, 3.05) is 5.32 Å². The summed E-state index contributed by atoms with van der Waals surface area (Å²) in [6.45, 7) is 0.250. The number of carbonyl (C=O) groups is 1. The maximum Gasteiger partial charge on any atom is 0.417 e. The number of hydrogen-bond acceptors (Lipinski definition) is 6. The van der Waals surface area contributed by atoms with Gasteiger partial charge >= 0.3 is 6.18 Å². The number of benzene rings is 2. The van der Waals surface area contributed by atoms with E-state index in [1.807, 2.05) is 18.2 Å². The first kappa shape index (κ1) is 23.0. The standard InChI is InChI=1S/C23H18F3N9O/c1-33-10-9-20(30-33)18-11-15(7-8-19(18)23(24,25)26)22(36)28-21-12-16(13-34-14-27-31-32-34)29-35(21)17-5-3-2-4-6-17/h2-12,14H,13H2,1H3,(H,28,36). The fourth-order valence-corrected chi connectivity index (χ4v) is 3.67. The van der Waals surface area contributed by atoms with Gasteiger partial charge in [0.25, 0.3) is 5.91 Å². The molecule has 0 aliphatic heterocycles. The molecule has 36 heavy (non-hydrogen) atoms. The van der Waals surface area contributed by atoms with Gasteiger partial charge in [0.2, 0.25) is 0 Å². The molecule has 2 aromatic carbocycles. The second-order valence-corrected chi connectivity index (χ2v) is 7.86. The number of tetrazole rings is 1. The molecule has 0 aliphatic rings. The number of carbonyl (C=O) groups excluding carboxylic acids is 1. The number of anilines is 1. The van der Waals surface area contributed by atoms with Crippen molar-refractivity contribution in [1.82, 2.24) is 39.8 Å². The van der Waals surface area contributed by atoms with Gasteiger partial charge in [-0.3, -0.25) is 9.48 Å². The summed E-state index contributed by atoms with van der Waals surface area (Å²) in [6.07, 6.45) is -1.65. The molecule has 0 saturated heterocycles. The lowest BCUT2D eigenvalue weighted by molar-refractivity contribution is -0.137. The van der Waals surface area contributed by atoms with Crippen molar-refractivity contribution >= 4 is 11.7 Å². The zero-order chi connectivity index (χ0) is 25.3. The average Bonchev–Trinajstić information content (AvgIpc) is 3.61. The van der Waals surface area contributed by atoms with Crippen LogP contribution in [-0.2, 0) is 19.8 Å². The smallest absolute Gasteiger partial charge is 0.306 e. The van der Waals surface area contributed by atoms with Crippen LogP contribution in [0.4, 0.5) is 19.0 Å². The number of aromatic nitrogens is 8. The van der Waals surface area contributed by atoms with Crippen molar-refractivity contribution in [2.45, 2.75) is 12.7 Å². The molecule has 3 heterocycles. The Hall–Kier alpha value is -4.81. The summed E-state index contributed by atoms with van der Waals surface area (Å²) < 4.78 is 45.4. The van der Waals surface area contributed by atoms with Gasteiger partial charge in [-0.05, 0) is 46.8 Å². The van der Waals surface area contributed by atoms with Crippen LogP contribution in [0.15, 0.2) is 73.2 Å². The molecular formula is C23H18F3N9O. The predicted molar refractivity (Wildman–Crippen MR) is 122 cm³/mol. The van der Waals surface area contributed by atoms with Gasteiger partial charge < -0.3 is 5.32 Å². The number of halogens is 3. The van der Waals surface area contributed by atoms with Crippen LogP contribution in [0.1, 0.15) is 21.6 Å². The minimum Gasteiger partial charge on any atom is -0.306 e. The third-order valence-corrected chi connectivity index (χ3v) is 5.29. The number of amides is 1. The number of alkyl halides is 3. The lowest BCUT2D eigenvalue weighted by atomic mass is 10.0. The van der Waals surface area contributed by atoms with Gasteiger partial charge in [-0.2, -0.15) is 23.4 Å². The molecule has 10 nitrogen and oxygen atoms in total. The van der Waals surface area contributed by atoms with Gasteiger partial charge in [-0.1, -0.05) is 18.2 Å². The van der Waals surface area contributed by atoms with Crippen molar-refractivity contribution in [1.29, 1.82) is 0 Å². The van der Waals surface area contributed by atoms with Crippen LogP contribution in [0.5, 0.6) is 0 Å². The molecule has 0 fully saturated rings. The van der Waals surface area contributed by atoms with E-state index in [-0.39, 0.29) is 23.4 Å². The van der Waals surface area contributed by atoms with Crippen LogP contribution >= 0.6 is 0 Å². The van der Waals surface area contributed by atoms with Crippen LogP contribution in [0.25, 0.3) is 16.9 Å². The van der Waals surface area contributed by atoms with E-state index in [0.717, 1.165) is 12.1 Å². The van der Waals surface area contributed by atoms with E-state index in [2.05, 4.69) is 31.0 Å². The molecule has 182 valence electrons. The van der Waals surface area contributed by atoms with Crippen molar-refractivity contribution in [2.24, 2.45) is 7.05 Å². The highest BCUT2D eigenvalue weighted by atomic mass is 19.4. The average molecular weight is 493 g/mol. The summed E-state index contributed by atoms with van der Waals surface area (Å²) in [5.41, 5.74) is 0.312. The third kappa shape index (κ3) is 4.71. The molecule has 1 amide bonds. The molecule has 3 aromatic heterocycles. The largest absolute Gasteiger partial charge is 0.417 e. The second-order valence-electron chi connectivity index (χ2n) is 7.86. The monoisotopic (exact) mass is 493 g/mol. The maximum atomic E-state index is 13.7. The lowest BCUT2D eigenvalue weighted by Gasteiger charge is -2.14. The summed E-state index contributed by atoms with van der Waals surface area (Å²) in [5, 5.41) is 22.4. The summed E-state index contributed by atoms with van der Waals surface area (Å²) in [5.74, 6) is -0.277. The lowest BCUT2D eigenvalue weighted by Crippen LogP contribution is -2.16. The van der Waals surface area contributed by atoms with Crippen molar-refractivity contribution in [3.8, 4) is 16.9 Å². The number of nitrogens with zero attached hydrogens (tertiary/aromatic N) is 8. The summed E-state index contributed by atoms with van der Waals surface area (Å²) >= 11 is 0. The number of nitrogens with one attached hydrogen (secondary N) is 1. The maximum absolute atomic E-state index is 13.7. The Labute approximate surface area is 202 Å². The summed E-state index contributed by atoms with van der Waals surface area (Å²) in [4.78, 5) is 13.2. The van der Waals surface area contributed by atoms with Gasteiger partial charge in [0.1, 0.15) is 12.1 Å². The van der Waals surface area contributed by atoms with Crippen LogP contribution in [0.2, 0.25) is 0 Å². The Bertz CT molecular complexity index is 1510. The zero-order valence-corrected chi connectivity index (χ0v) is 18.8. The summed E-state index contributed by atoms with van der Waals surface area (Å²) in [7, 11) is 1.60. The van der Waals surface area contributed by atoms with Crippen LogP contribution < -0.4 is 5.32 Å². The van der Waals surface area contributed by atoms with Gasteiger partial charge in [0.05, 0.1) is 29.2 Å². The van der Waals surface area contributed by atoms with Crippen molar-refractivity contribution < 1.29 is 18.0 Å². The molecular weight excluding hydrogens is 475 g/mol. The van der Waals surface area contributed by atoms with E-state index in [0.29, 0.717) is 17.2 Å². The summed E-state index contributed by atoms with van der Waals surface area (Å²) in [6, 6.07) is 15.4. The van der Waals surface area contributed by atoms with E-state index in [4.69, 9.17) is 0 Å². The van der Waals surface area contributed by atoms with Gasteiger partial charge in [0, 0.05) is 30.4 Å². The number of rotatable bonds is 6. The SMILES string of the molecule is Cn1ccc(-c2cc(C(=O)Nc3cc(Cn4cnnn4)nn3-c3ccccc3)ccc2C(F)(F)F)n1. The molecule has 0 aliphatic carbocycles. The molecule has 5 rings (SSSR count). The number of aryl methyl sites for hydroxylation is 1. The first-order valence-electron chi connectivity index (χ1n) is 10.7. The molecule has 0 unspecified atom stereocenters. The highest BCUT2D eigenvalue weighted by molar-refractivity contribution is 6.04. The minimum atomic E-state index is -4.61. The van der Waals surface area contributed by atoms with Crippen LogP contribution in [-0.4, -0.2) is 45.7 Å². The second kappa shape index (κ2) is 9.09. The Morgan fingerprint density at radius 1 is 1.03 bits per heavy atom. The van der Waals surface area contributed by atoms with Gasteiger partial charge in [-0.15, -0.1) is 5.10 Å². The normalized spacial score (nSPS) is 11.6. The van der Waals surface area contributed by atoms with E-state index < -0.39 is 17.6 Å². The predicted octanol–water partition coefficient (Wildman–Crippen LogP) is 3.58. The highest BCUT2D eigenvalue weighted by Crippen LogP contribution is 2.37. The molecule has 0 spiro atoms. The molecule has 5 aromatic rings. The van der Waals surface area contributed by atoms with E-state index in [1.54, 1.807) is 25.2 Å². The fraction of sp³-hybridized carbons (Fsp3) is 0.130. The number of para-hydroxylation sites is 1. The molecule has 0 bridgehead atoms. The Morgan fingerprint density at radius 2 is 1.83 bits per heavy atom. The third-order valence-electron chi connectivity index (χ3n) is 5.29. The van der Waals surface area contributed by atoms with Crippen LogP contribution in [0.3, 0.4) is 0 Å².